The first-order chi connectivity index (χ1) is 9.52. The highest BCUT2D eigenvalue weighted by atomic mass is 32.1. The summed E-state index contributed by atoms with van der Waals surface area (Å²) in [5, 5.41) is 0.562. The summed E-state index contributed by atoms with van der Waals surface area (Å²) < 4.78 is 9.90. The van der Waals surface area contributed by atoms with Gasteiger partial charge < -0.3 is 14.1 Å². The smallest absolute Gasteiger partial charge is 0.358 e. The largest absolute Gasteiger partial charge is 0.467 e. The van der Waals surface area contributed by atoms with Crippen molar-refractivity contribution in [2.24, 2.45) is 0 Å². The van der Waals surface area contributed by atoms with Gasteiger partial charge in [-0.15, -0.1) is 0 Å². The van der Waals surface area contributed by atoms with Crippen LogP contribution in [0.15, 0.2) is 22.8 Å². The molecular weight excluding hydrogens is 280 g/mol. The normalized spacial score (nSPS) is 10.3. The van der Waals surface area contributed by atoms with Crippen molar-refractivity contribution in [1.82, 2.24) is 4.98 Å². The van der Waals surface area contributed by atoms with Crippen LogP contribution >= 0.6 is 11.3 Å². The molecule has 0 aliphatic carbocycles. The molecule has 0 aliphatic rings. The third kappa shape index (κ3) is 2.88. The molecule has 6 nitrogen and oxygen atoms in total. The quantitative estimate of drug-likeness (QED) is 0.622. The average molecular weight is 294 g/mol. The lowest BCUT2D eigenvalue weighted by Crippen LogP contribution is -2.16. The molecule has 2 rings (SSSR count). The molecule has 0 radical (unpaired) electrons. The van der Waals surface area contributed by atoms with Crippen molar-refractivity contribution in [2.45, 2.75) is 13.5 Å². The fraction of sp³-hybridized carbons (Fsp3) is 0.308. The molecule has 0 saturated carbocycles. The summed E-state index contributed by atoms with van der Waals surface area (Å²) in [5.74, 6) is -0.0451. The van der Waals surface area contributed by atoms with Crippen LogP contribution in [0.4, 0.5) is 5.13 Å². The number of carbonyl (C=O) groups is 2. The van der Waals surface area contributed by atoms with Crippen molar-refractivity contribution >= 4 is 28.2 Å². The number of ketones is 1. The Hall–Kier alpha value is -2.15. The summed E-state index contributed by atoms with van der Waals surface area (Å²) in [6, 6.07) is 3.64. The summed E-state index contributed by atoms with van der Waals surface area (Å²) in [7, 11) is 3.07. The van der Waals surface area contributed by atoms with Crippen molar-refractivity contribution in [2.75, 3.05) is 19.1 Å². The maximum atomic E-state index is 11.6. The Balaban J connectivity index is 2.28. The number of hydrogen-bond donors (Lipinski definition) is 0. The highest BCUT2D eigenvalue weighted by Gasteiger charge is 2.23. The minimum absolute atomic E-state index is 0.0614. The Morgan fingerprint density at radius 1 is 1.50 bits per heavy atom. The SMILES string of the molecule is COC(=O)c1nc(N(C)Cc2ccco2)sc1C(C)=O. The summed E-state index contributed by atoms with van der Waals surface area (Å²) in [6.07, 6.45) is 1.59. The predicted octanol–water partition coefficient (Wildman–Crippen LogP) is 2.36. The van der Waals surface area contributed by atoms with Crippen LogP contribution in [-0.4, -0.2) is 30.9 Å². The second-order valence-corrected chi connectivity index (χ2v) is 5.13. The number of Topliss-reactive ketones (excluding diaryl/α,β-unsaturated/α-hetero) is 1. The molecule has 2 aromatic rings. The van der Waals surface area contributed by atoms with E-state index in [9.17, 15) is 9.59 Å². The van der Waals surface area contributed by atoms with E-state index in [-0.39, 0.29) is 11.5 Å². The fourth-order valence-corrected chi connectivity index (χ4v) is 2.56. The van der Waals surface area contributed by atoms with Crippen LogP contribution in [-0.2, 0) is 11.3 Å². The minimum Gasteiger partial charge on any atom is -0.467 e. The van der Waals surface area contributed by atoms with Crippen LogP contribution in [0.2, 0.25) is 0 Å². The molecule has 0 bridgehead atoms. The van der Waals surface area contributed by atoms with Gasteiger partial charge in [-0.1, -0.05) is 11.3 Å². The first kappa shape index (κ1) is 14.3. The van der Waals surface area contributed by atoms with E-state index in [0.29, 0.717) is 16.6 Å². The zero-order chi connectivity index (χ0) is 14.7. The van der Waals surface area contributed by atoms with Crippen LogP contribution < -0.4 is 4.90 Å². The van der Waals surface area contributed by atoms with Gasteiger partial charge in [0.1, 0.15) is 10.6 Å². The molecule has 0 saturated heterocycles. The topological polar surface area (TPSA) is 72.6 Å². The maximum absolute atomic E-state index is 11.6. The van der Waals surface area contributed by atoms with Gasteiger partial charge in [-0.25, -0.2) is 9.78 Å². The zero-order valence-electron chi connectivity index (χ0n) is 11.4. The summed E-state index contributed by atoms with van der Waals surface area (Å²) in [5.41, 5.74) is 0.0614. The van der Waals surface area contributed by atoms with Crippen molar-refractivity contribution in [3.05, 3.63) is 34.7 Å². The first-order valence-electron chi connectivity index (χ1n) is 5.86. The van der Waals surface area contributed by atoms with Gasteiger partial charge in [0.2, 0.25) is 0 Å². The summed E-state index contributed by atoms with van der Waals surface area (Å²) >= 11 is 1.16. The lowest BCUT2D eigenvalue weighted by atomic mass is 10.3. The molecule has 0 N–H and O–H groups in total. The molecule has 0 spiro atoms. The van der Waals surface area contributed by atoms with Gasteiger partial charge in [-0.3, -0.25) is 4.79 Å². The van der Waals surface area contributed by atoms with E-state index in [2.05, 4.69) is 9.72 Å². The van der Waals surface area contributed by atoms with Gasteiger partial charge in [0.15, 0.2) is 16.6 Å². The summed E-state index contributed by atoms with van der Waals surface area (Å²) in [6.45, 7) is 1.90. The van der Waals surface area contributed by atoms with E-state index in [4.69, 9.17) is 4.42 Å². The van der Waals surface area contributed by atoms with Gasteiger partial charge in [0, 0.05) is 14.0 Å². The number of hydrogen-bond acceptors (Lipinski definition) is 7. The van der Waals surface area contributed by atoms with Crippen LogP contribution in [0.3, 0.4) is 0 Å². The number of ether oxygens (including phenoxy) is 1. The minimum atomic E-state index is -0.607. The number of thiazole rings is 1. The number of furan rings is 1. The molecule has 2 aromatic heterocycles. The van der Waals surface area contributed by atoms with Crippen LogP contribution in [0.25, 0.3) is 0 Å². The van der Waals surface area contributed by atoms with E-state index in [1.807, 2.05) is 18.0 Å². The van der Waals surface area contributed by atoms with E-state index >= 15 is 0 Å². The monoisotopic (exact) mass is 294 g/mol. The molecule has 0 fully saturated rings. The van der Waals surface area contributed by atoms with E-state index in [1.165, 1.54) is 14.0 Å². The molecular formula is C13H14N2O4S. The second-order valence-electron chi connectivity index (χ2n) is 4.16. The van der Waals surface area contributed by atoms with Gasteiger partial charge >= 0.3 is 5.97 Å². The van der Waals surface area contributed by atoms with Crippen molar-refractivity contribution in [3.63, 3.8) is 0 Å². The van der Waals surface area contributed by atoms with Crippen LogP contribution in [0, 0.1) is 0 Å². The Morgan fingerprint density at radius 3 is 2.80 bits per heavy atom. The molecule has 0 unspecified atom stereocenters. The number of methoxy groups -OCH3 is 1. The lowest BCUT2D eigenvalue weighted by Gasteiger charge is -2.13. The predicted molar refractivity (Wildman–Crippen MR) is 74.3 cm³/mol. The van der Waals surface area contributed by atoms with Gasteiger partial charge in [-0.2, -0.15) is 0 Å². The molecule has 7 heteroatoms. The Bertz CT molecular complexity index is 618. The van der Waals surface area contributed by atoms with E-state index in [1.54, 1.807) is 12.3 Å². The molecule has 0 atom stereocenters. The Morgan fingerprint density at radius 2 is 2.25 bits per heavy atom. The number of aromatic nitrogens is 1. The first-order valence-corrected chi connectivity index (χ1v) is 6.68. The van der Waals surface area contributed by atoms with E-state index < -0.39 is 5.97 Å². The number of rotatable bonds is 5. The lowest BCUT2D eigenvalue weighted by molar-refractivity contribution is 0.0591. The highest BCUT2D eigenvalue weighted by molar-refractivity contribution is 7.17. The number of esters is 1. The number of anilines is 1. The standard InChI is InChI=1S/C13H14N2O4S/c1-8(16)11-10(12(17)18-3)14-13(20-11)15(2)7-9-5-4-6-19-9/h4-6H,7H2,1-3H3. The number of carbonyl (C=O) groups excluding carboxylic acids is 2. The van der Waals surface area contributed by atoms with Gasteiger partial charge in [0.25, 0.3) is 0 Å². The third-order valence-electron chi connectivity index (χ3n) is 2.61. The average Bonchev–Trinajstić information content (AvgIpc) is 3.06. The molecule has 0 aliphatic heterocycles. The third-order valence-corrected chi connectivity index (χ3v) is 3.88. The zero-order valence-corrected chi connectivity index (χ0v) is 12.2. The second kappa shape index (κ2) is 5.87. The number of nitrogens with zero attached hydrogens (tertiary/aromatic N) is 2. The highest BCUT2D eigenvalue weighted by Crippen LogP contribution is 2.27. The van der Waals surface area contributed by atoms with Gasteiger partial charge in [-0.05, 0) is 12.1 Å². The van der Waals surface area contributed by atoms with Crippen LogP contribution in [0.5, 0.6) is 0 Å². The van der Waals surface area contributed by atoms with E-state index in [0.717, 1.165) is 17.1 Å². The summed E-state index contributed by atoms with van der Waals surface area (Å²) in [4.78, 5) is 29.5. The fourth-order valence-electron chi connectivity index (χ4n) is 1.65. The Labute approximate surface area is 120 Å². The molecule has 0 amide bonds. The molecule has 0 aromatic carbocycles. The van der Waals surface area contributed by atoms with Crippen molar-refractivity contribution in [1.29, 1.82) is 0 Å². The van der Waals surface area contributed by atoms with Crippen LogP contribution in [0.1, 0.15) is 32.8 Å². The molecule has 106 valence electrons. The molecule has 2 heterocycles. The van der Waals surface area contributed by atoms with Crippen molar-refractivity contribution < 1.29 is 18.7 Å². The van der Waals surface area contributed by atoms with Crippen molar-refractivity contribution in [3.8, 4) is 0 Å². The van der Waals surface area contributed by atoms with Gasteiger partial charge in [0.05, 0.1) is 19.9 Å². The Kier molecular flexibility index (Phi) is 4.19. The maximum Gasteiger partial charge on any atom is 0.358 e. The molecule has 20 heavy (non-hydrogen) atoms.